The molecule has 0 aromatic carbocycles. The molecule has 0 saturated carbocycles. The lowest BCUT2D eigenvalue weighted by atomic mass is 10.1. The first-order valence-corrected chi connectivity index (χ1v) is 6.25. The molecular weight excluding hydrogens is 254 g/mol. The molecule has 1 fully saturated rings. The third kappa shape index (κ3) is 2.98. The molecule has 2 amide bonds. The zero-order valence-electron chi connectivity index (χ0n) is 9.78. The second-order valence-electron chi connectivity index (χ2n) is 4.15. The number of pyridine rings is 1. The molecule has 2 heterocycles. The lowest BCUT2D eigenvalue weighted by Crippen LogP contribution is -2.45. The lowest BCUT2D eigenvalue weighted by Gasteiger charge is -2.15. The van der Waals surface area contributed by atoms with Gasteiger partial charge in [-0.25, -0.2) is 4.98 Å². The van der Waals surface area contributed by atoms with Gasteiger partial charge >= 0.3 is 0 Å². The summed E-state index contributed by atoms with van der Waals surface area (Å²) in [6, 6.07) is 2.73. The van der Waals surface area contributed by atoms with Gasteiger partial charge in [0.25, 0.3) is 5.91 Å². The summed E-state index contributed by atoms with van der Waals surface area (Å²) in [4.78, 5) is 27.5. The van der Waals surface area contributed by atoms with Crippen molar-refractivity contribution in [2.45, 2.75) is 25.3 Å². The van der Waals surface area contributed by atoms with Crippen LogP contribution in [-0.4, -0.2) is 29.4 Å². The van der Waals surface area contributed by atoms with E-state index in [1.54, 1.807) is 12.1 Å². The second kappa shape index (κ2) is 5.82. The van der Waals surface area contributed by atoms with Crippen LogP contribution in [0.15, 0.2) is 18.3 Å². The van der Waals surface area contributed by atoms with E-state index in [2.05, 4.69) is 15.6 Å². The maximum Gasteiger partial charge on any atom is 0.255 e. The SMILES string of the molecule is O=C(NC1CCCCNC1=O)c1cccnc1Cl. The number of nitrogens with zero attached hydrogens (tertiary/aromatic N) is 1. The van der Waals surface area contributed by atoms with E-state index in [0.717, 1.165) is 12.8 Å². The Morgan fingerprint density at radius 1 is 1.50 bits per heavy atom. The molecule has 0 bridgehead atoms. The number of hydrogen-bond acceptors (Lipinski definition) is 3. The molecule has 5 nitrogen and oxygen atoms in total. The van der Waals surface area contributed by atoms with Gasteiger partial charge in [-0.1, -0.05) is 11.6 Å². The Bertz CT molecular complexity index is 464. The number of nitrogens with one attached hydrogen (secondary N) is 2. The minimum Gasteiger partial charge on any atom is -0.354 e. The Kier molecular flexibility index (Phi) is 4.15. The highest BCUT2D eigenvalue weighted by molar-refractivity contribution is 6.32. The summed E-state index contributed by atoms with van der Waals surface area (Å²) in [5.74, 6) is -0.504. The van der Waals surface area contributed by atoms with E-state index >= 15 is 0 Å². The van der Waals surface area contributed by atoms with Crippen molar-refractivity contribution >= 4 is 23.4 Å². The van der Waals surface area contributed by atoms with Gasteiger partial charge in [0, 0.05) is 12.7 Å². The number of carbonyl (C=O) groups is 2. The van der Waals surface area contributed by atoms with Crippen LogP contribution in [0, 0.1) is 0 Å². The minimum atomic E-state index is -0.490. The first-order valence-electron chi connectivity index (χ1n) is 5.87. The number of hydrogen-bond donors (Lipinski definition) is 2. The number of amides is 2. The summed E-state index contributed by atoms with van der Waals surface area (Å²) < 4.78 is 0. The second-order valence-corrected chi connectivity index (χ2v) is 4.51. The van der Waals surface area contributed by atoms with Crippen LogP contribution >= 0.6 is 11.6 Å². The molecule has 1 unspecified atom stereocenters. The van der Waals surface area contributed by atoms with E-state index in [0.29, 0.717) is 13.0 Å². The van der Waals surface area contributed by atoms with E-state index in [1.807, 2.05) is 0 Å². The third-order valence-corrected chi connectivity index (χ3v) is 3.15. The van der Waals surface area contributed by atoms with Crippen LogP contribution in [0.25, 0.3) is 0 Å². The lowest BCUT2D eigenvalue weighted by molar-refractivity contribution is -0.122. The molecule has 2 rings (SSSR count). The first kappa shape index (κ1) is 12.8. The summed E-state index contributed by atoms with van der Waals surface area (Å²) in [7, 11) is 0. The molecule has 1 aromatic heterocycles. The highest BCUT2D eigenvalue weighted by Gasteiger charge is 2.23. The molecule has 0 spiro atoms. The summed E-state index contributed by atoms with van der Waals surface area (Å²) in [6.45, 7) is 0.666. The van der Waals surface area contributed by atoms with Crippen molar-refractivity contribution < 1.29 is 9.59 Å². The van der Waals surface area contributed by atoms with E-state index in [1.165, 1.54) is 6.20 Å². The fourth-order valence-corrected chi connectivity index (χ4v) is 2.07. The summed E-state index contributed by atoms with van der Waals surface area (Å²) in [5.41, 5.74) is 0.288. The van der Waals surface area contributed by atoms with E-state index in [-0.39, 0.29) is 22.5 Å². The Morgan fingerprint density at radius 2 is 2.33 bits per heavy atom. The predicted molar refractivity (Wildman–Crippen MR) is 67.4 cm³/mol. The smallest absolute Gasteiger partial charge is 0.255 e. The molecule has 18 heavy (non-hydrogen) atoms. The molecule has 0 radical (unpaired) electrons. The van der Waals surface area contributed by atoms with Crippen molar-refractivity contribution in [3.05, 3.63) is 29.0 Å². The number of carbonyl (C=O) groups excluding carboxylic acids is 2. The summed E-state index contributed by atoms with van der Waals surface area (Å²) >= 11 is 5.83. The fourth-order valence-electron chi connectivity index (χ4n) is 1.87. The minimum absolute atomic E-state index is 0.138. The largest absolute Gasteiger partial charge is 0.354 e. The van der Waals surface area contributed by atoms with Crippen molar-refractivity contribution in [3.8, 4) is 0 Å². The fraction of sp³-hybridized carbons (Fsp3) is 0.417. The van der Waals surface area contributed by atoms with Crippen molar-refractivity contribution in [2.24, 2.45) is 0 Å². The zero-order chi connectivity index (χ0) is 13.0. The highest BCUT2D eigenvalue weighted by atomic mass is 35.5. The van der Waals surface area contributed by atoms with E-state index in [9.17, 15) is 9.59 Å². The van der Waals surface area contributed by atoms with Crippen LogP contribution in [-0.2, 0) is 4.79 Å². The molecule has 1 aliphatic rings. The first-order chi connectivity index (χ1) is 8.68. The van der Waals surface area contributed by atoms with Gasteiger partial charge in [-0.2, -0.15) is 0 Å². The van der Waals surface area contributed by atoms with Gasteiger partial charge in [-0.05, 0) is 31.4 Å². The molecular formula is C12H14ClN3O2. The molecule has 1 aliphatic heterocycles. The Morgan fingerprint density at radius 3 is 3.11 bits per heavy atom. The van der Waals surface area contributed by atoms with Gasteiger partial charge in [0.2, 0.25) is 5.91 Å². The quantitative estimate of drug-likeness (QED) is 0.789. The van der Waals surface area contributed by atoms with Crippen molar-refractivity contribution in [1.29, 1.82) is 0 Å². The Balaban J connectivity index is 2.06. The number of halogens is 1. The average molecular weight is 268 g/mol. The maximum atomic E-state index is 12.0. The van der Waals surface area contributed by atoms with Crippen molar-refractivity contribution in [2.75, 3.05) is 6.54 Å². The van der Waals surface area contributed by atoms with Gasteiger partial charge in [0.1, 0.15) is 11.2 Å². The average Bonchev–Trinajstić information content (AvgIpc) is 2.55. The Labute approximate surface area is 110 Å². The predicted octanol–water partition coefficient (Wildman–Crippen LogP) is 1.13. The monoisotopic (exact) mass is 267 g/mol. The van der Waals surface area contributed by atoms with Crippen LogP contribution in [0.5, 0.6) is 0 Å². The third-order valence-electron chi connectivity index (χ3n) is 2.84. The molecule has 2 N–H and O–H groups in total. The topological polar surface area (TPSA) is 71.1 Å². The van der Waals surface area contributed by atoms with Crippen LogP contribution in [0.2, 0.25) is 5.15 Å². The van der Waals surface area contributed by atoms with Crippen molar-refractivity contribution in [1.82, 2.24) is 15.6 Å². The molecule has 1 atom stereocenters. The van der Waals surface area contributed by atoms with Crippen LogP contribution < -0.4 is 10.6 Å². The molecule has 1 aromatic rings. The molecule has 96 valence electrons. The number of aromatic nitrogens is 1. The maximum absolute atomic E-state index is 12.0. The summed E-state index contributed by atoms with van der Waals surface area (Å²) in [5, 5.41) is 5.60. The molecule has 0 aliphatic carbocycles. The molecule has 6 heteroatoms. The van der Waals surface area contributed by atoms with Crippen molar-refractivity contribution in [3.63, 3.8) is 0 Å². The van der Waals surface area contributed by atoms with Crippen LogP contribution in [0.1, 0.15) is 29.6 Å². The van der Waals surface area contributed by atoms with Gasteiger partial charge in [0.05, 0.1) is 5.56 Å². The van der Waals surface area contributed by atoms with E-state index in [4.69, 9.17) is 11.6 Å². The Hall–Kier alpha value is -1.62. The van der Waals surface area contributed by atoms with Gasteiger partial charge in [-0.15, -0.1) is 0 Å². The van der Waals surface area contributed by atoms with Gasteiger partial charge < -0.3 is 10.6 Å². The summed E-state index contributed by atoms with van der Waals surface area (Å²) in [6.07, 6.45) is 4.00. The standard InChI is InChI=1S/C12H14ClN3O2/c13-10-8(4-3-7-14-10)11(17)16-9-5-1-2-6-15-12(9)18/h3-4,7,9H,1-2,5-6H2,(H,15,18)(H,16,17). The zero-order valence-corrected chi connectivity index (χ0v) is 10.5. The van der Waals surface area contributed by atoms with Gasteiger partial charge in [0.15, 0.2) is 0 Å². The van der Waals surface area contributed by atoms with Gasteiger partial charge in [-0.3, -0.25) is 9.59 Å². The molecule has 1 saturated heterocycles. The highest BCUT2D eigenvalue weighted by Crippen LogP contribution is 2.12. The normalized spacial score (nSPS) is 19.8. The number of rotatable bonds is 2. The van der Waals surface area contributed by atoms with E-state index < -0.39 is 6.04 Å². The van der Waals surface area contributed by atoms with Crippen LogP contribution in [0.3, 0.4) is 0 Å². The van der Waals surface area contributed by atoms with Crippen LogP contribution in [0.4, 0.5) is 0 Å².